The molecule has 0 saturated carbocycles. The Morgan fingerprint density at radius 1 is 1.03 bits per heavy atom. The summed E-state index contributed by atoms with van der Waals surface area (Å²) in [5.41, 5.74) is 8.80. The van der Waals surface area contributed by atoms with Crippen molar-refractivity contribution in [2.75, 3.05) is 52.0 Å². The van der Waals surface area contributed by atoms with E-state index in [4.69, 9.17) is 10.7 Å². The van der Waals surface area contributed by atoms with Gasteiger partial charge in [0.25, 0.3) is 5.91 Å². The van der Waals surface area contributed by atoms with Gasteiger partial charge >= 0.3 is 0 Å². The summed E-state index contributed by atoms with van der Waals surface area (Å²) < 4.78 is 1.91. The summed E-state index contributed by atoms with van der Waals surface area (Å²) >= 11 is 0. The third-order valence-corrected chi connectivity index (χ3v) is 6.45. The first-order valence-corrected chi connectivity index (χ1v) is 11.3. The van der Waals surface area contributed by atoms with Crippen molar-refractivity contribution in [2.24, 2.45) is 0 Å². The molecule has 172 valence electrons. The topological polar surface area (TPSA) is 113 Å². The summed E-state index contributed by atoms with van der Waals surface area (Å²) in [5, 5.41) is 0. The van der Waals surface area contributed by atoms with E-state index in [0.717, 1.165) is 44.7 Å². The van der Waals surface area contributed by atoms with Crippen molar-refractivity contribution in [3.05, 3.63) is 36.2 Å². The SMILES string of the molecule is CN1CCN(C(=O)c2ccc(-c3nc(N)c4ncn(CCN5CCCC5=O)c4n3)cc2)CC1. The van der Waals surface area contributed by atoms with Crippen molar-refractivity contribution in [3.63, 3.8) is 0 Å². The first-order chi connectivity index (χ1) is 16.0. The van der Waals surface area contributed by atoms with Gasteiger partial charge in [0.1, 0.15) is 5.52 Å². The lowest BCUT2D eigenvalue weighted by Gasteiger charge is -2.32. The molecule has 10 nitrogen and oxygen atoms in total. The number of hydrogen-bond donors (Lipinski definition) is 1. The Labute approximate surface area is 192 Å². The first-order valence-electron chi connectivity index (χ1n) is 11.3. The highest BCUT2D eigenvalue weighted by atomic mass is 16.2. The number of hydrogen-bond acceptors (Lipinski definition) is 7. The number of carbonyl (C=O) groups excluding carboxylic acids is 2. The number of nitrogens with two attached hydrogens (primary N) is 1. The van der Waals surface area contributed by atoms with E-state index in [0.29, 0.717) is 47.9 Å². The molecule has 0 bridgehead atoms. The minimum Gasteiger partial charge on any atom is -0.382 e. The maximum absolute atomic E-state index is 12.8. The smallest absolute Gasteiger partial charge is 0.253 e. The zero-order valence-corrected chi connectivity index (χ0v) is 18.8. The number of piperazine rings is 1. The van der Waals surface area contributed by atoms with Crippen LogP contribution in [0.5, 0.6) is 0 Å². The highest BCUT2D eigenvalue weighted by Crippen LogP contribution is 2.23. The molecule has 5 rings (SSSR count). The number of carbonyl (C=O) groups is 2. The second-order valence-electron chi connectivity index (χ2n) is 8.70. The number of benzene rings is 1. The number of likely N-dealkylation sites (tertiary alicyclic amines) is 1. The van der Waals surface area contributed by atoms with Crippen LogP contribution in [-0.4, -0.2) is 92.3 Å². The van der Waals surface area contributed by atoms with Crippen LogP contribution in [0.4, 0.5) is 5.82 Å². The molecule has 0 spiro atoms. The molecule has 33 heavy (non-hydrogen) atoms. The second kappa shape index (κ2) is 8.78. The van der Waals surface area contributed by atoms with Gasteiger partial charge in [-0.2, -0.15) is 0 Å². The summed E-state index contributed by atoms with van der Waals surface area (Å²) in [6.07, 6.45) is 3.23. The van der Waals surface area contributed by atoms with E-state index >= 15 is 0 Å². The number of rotatable bonds is 5. The number of anilines is 1. The molecule has 2 amide bonds. The van der Waals surface area contributed by atoms with Gasteiger partial charge in [0.05, 0.1) is 6.33 Å². The zero-order valence-electron chi connectivity index (χ0n) is 18.8. The predicted molar refractivity (Wildman–Crippen MR) is 124 cm³/mol. The van der Waals surface area contributed by atoms with Crippen LogP contribution in [-0.2, 0) is 11.3 Å². The van der Waals surface area contributed by atoms with Crippen LogP contribution in [0.25, 0.3) is 22.6 Å². The lowest BCUT2D eigenvalue weighted by atomic mass is 10.1. The van der Waals surface area contributed by atoms with Crippen LogP contribution in [0.3, 0.4) is 0 Å². The maximum Gasteiger partial charge on any atom is 0.253 e. The molecule has 2 aliphatic heterocycles. The molecule has 2 saturated heterocycles. The fraction of sp³-hybridized carbons (Fsp3) is 0.435. The fourth-order valence-corrected chi connectivity index (χ4v) is 4.38. The predicted octanol–water partition coefficient (Wildman–Crippen LogP) is 1.09. The van der Waals surface area contributed by atoms with Crippen molar-refractivity contribution in [2.45, 2.75) is 19.4 Å². The molecule has 2 aliphatic rings. The molecule has 1 aromatic carbocycles. The summed E-state index contributed by atoms with van der Waals surface area (Å²) in [7, 11) is 2.07. The monoisotopic (exact) mass is 448 g/mol. The lowest BCUT2D eigenvalue weighted by molar-refractivity contribution is -0.127. The highest BCUT2D eigenvalue weighted by molar-refractivity contribution is 5.95. The molecule has 2 N–H and O–H groups in total. The summed E-state index contributed by atoms with van der Waals surface area (Å²) in [6, 6.07) is 7.34. The maximum atomic E-state index is 12.8. The highest BCUT2D eigenvalue weighted by Gasteiger charge is 2.22. The minimum atomic E-state index is 0.0417. The molecule has 2 fully saturated rings. The van der Waals surface area contributed by atoms with E-state index in [1.54, 1.807) is 6.33 Å². The quantitative estimate of drug-likeness (QED) is 0.621. The molecule has 2 aromatic heterocycles. The van der Waals surface area contributed by atoms with Gasteiger partial charge in [0, 0.05) is 63.4 Å². The molecular formula is C23H28N8O2. The molecule has 3 aromatic rings. The summed E-state index contributed by atoms with van der Waals surface area (Å²) in [4.78, 5) is 44.2. The number of aromatic nitrogens is 4. The molecule has 0 radical (unpaired) electrons. The van der Waals surface area contributed by atoms with Crippen molar-refractivity contribution in [1.82, 2.24) is 34.2 Å². The van der Waals surface area contributed by atoms with Gasteiger partial charge in [0.15, 0.2) is 17.3 Å². The van der Waals surface area contributed by atoms with Crippen LogP contribution < -0.4 is 5.73 Å². The standard InChI is InChI=1S/C23H28N8O2/c1-28-9-11-30(12-10-28)23(33)17-6-4-16(5-7-17)21-26-20(24)19-22(27-21)31(15-25-19)14-13-29-8-2-3-18(29)32/h4-7,15H,2-3,8-14H2,1H3,(H2,24,26,27). The molecule has 0 aliphatic carbocycles. The number of nitrogens with zero attached hydrogens (tertiary/aromatic N) is 7. The van der Waals surface area contributed by atoms with Gasteiger partial charge in [0.2, 0.25) is 5.91 Å². The fourth-order valence-electron chi connectivity index (χ4n) is 4.38. The van der Waals surface area contributed by atoms with Crippen molar-refractivity contribution in [1.29, 1.82) is 0 Å². The Hall–Kier alpha value is -3.53. The average molecular weight is 449 g/mol. The van der Waals surface area contributed by atoms with E-state index < -0.39 is 0 Å². The Kier molecular flexibility index (Phi) is 5.67. The average Bonchev–Trinajstić information content (AvgIpc) is 3.43. The minimum absolute atomic E-state index is 0.0417. The number of imidazole rings is 1. The second-order valence-corrected chi connectivity index (χ2v) is 8.70. The lowest BCUT2D eigenvalue weighted by Crippen LogP contribution is -2.47. The van der Waals surface area contributed by atoms with Crippen LogP contribution in [0.15, 0.2) is 30.6 Å². The van der Waals surface area contributed by atoms with E-state index in [2.05, 4.69) is 21.9 Å². The van der Waals surface area contributed by atoms with Crippen molar-refractivity contribution >= 4 is 28.8 Å². The molecule has 4 heterocycles. The van der Waals surface area contributed by atoms with E-state index in [1.807, 2.05) is 38.6 Å². The van der Waals surface area contributed by atoms with Gasteiger partial charge in [-0.25, -0.2) is 15.0 Å². The Morgan fingerprint density at radius 2 is 1.79 bits per heavy atom. The number of fused-ring (bicyclic) bond motifs is 1. The van der Waals surface area contributed by atoms with Gasteiger partial charge < -0.3 is 25.0 Å². The Morgan fingerprint density at radius 3 is 2.48 bits per heavy atom. The van der Waals surface area contributed by atoms with Crippen LogP contribution >= 0.6 is 0 Å². The summed E-state index contributed by atoms with van der Waals surface area (Å²) in [6.45, 7) is 5.25. The van der Waals surface area contributed by atoms with Gasteiger partial charge in [-0.15, -0.1) is 0 Å². The van der Waals surface area contributed by atoms with Crippen LogP contribution in [0.1, 0.15) is 23.2 Å². The van der Waals surface area contributed by atoms with E-state index in [1.165, 1.54) is 0 Å². The molecule has 10 heteroatoms. The van der Waals surface area contributed by atoms with Gasteiger partial charge in [-0.1, -0.05) is 12.1 Å². The third-order valence-electron chi connectivity index (χ3n) is 6.45. The van der Waals surface area contributed by atoms with Gasteiger partial charge in [-0.3, -0.25) is 9.59 Å². The number of likely N-dealkylation sites (N-methyl/N-ethyl adjacent to an activating group) is 1. The van der Waals surface area contributed by atoms with Crippen molar-refractivity contribution in [3.8, 4) is 11.4 Å². The first kappa shape index (κ1) is 21.3. The number of amides is 2. The Balaban J connectivity index is 1.35. The third kappa shape index (κ3) is 4.25. The van der Waals surface area contributed by atoms with Gasteiger partial charge in [-0.05, 0) is 25.6 Å². The van der Waals surface area contributed by atoms with Crippen molar-refractivity contribution < 1.29 is 9.59 Å². The molecule has 0 unspecified atom stereocenters. The molecular weight excluding hydrogens is 420 g/mol. The van der Waals surface area contributed by atoms with E-state index in [9.17, 15) is 9.59 Å². The Bertz CT molecular complexity index is 1180. The van der Waals surface area contributed by atoms with Crippen LogP contribution in [0, 0.1) is 0 Å². The number of nitrogen functional groups attached to an aromatic ring is 1. The summed E-state index contributed by atoms with van der Waals surface area (Å²) in [5.74, 6) is 1.03. The zero-order chi connectivity index (χ0) is 22.9. The largest absolute Gasteiger partial charge is 0.382 e. The molecule has 0 atom stereocenters. The van der Waals surface area contributed by atoms with Crippen LogP contribution in [0.2, 0.25) is 0 Å². The van der Waals surface area contributed by atoms with E-state index in [-0.39, 0.29) is 11.8 Å². The normalized spacial score (nSPS) is 17.3.